The van der Waals surface area contributed by atoms with Crippen LogP contribution < -0.4 is 9.47 Å². The summed E-state index contributed by atoms with van der Waals surface area (Å²) in [5.74, 6) is 2.78. The fourth-order valence-electron chi connectivity index (χ4n) is 1.43. The lowest BCUT2D eigenvalue weighted by Crippen LogP contribution is -1.97. The highest BCUT2D eigenvalue weighted by Crippen LogP contribution is 2.26. The van der Waals surface area contributed by atoms with Gasteiger partial charge in [0.2, 0.25) is 5.16 Å². The Hall–Kier alpha value is -1.89. The summed E-state index contributed by atoms with van der Waals surface area (Å²) < 4.78 is 10.4. The maximum absolute atomic E-state index is 5.22. The minimum atomic E-state index is 0.549. The van der Waals surface area contributed by atoms with Crippen molar-refractivity contribution in [2.24, 2.45) is 0 Å². The number of benzene rings is 1. The Morgan fingerprint density at radius 1 is 0.947 bits per heavy atom. The smallest absolute Gasteiger partial charge is 0.230 e. The molecule has 0 saturated carbocycles. The summed E-state index contributed by atoms with van der Waals surface area (Å²) in [5.41, 5.74) is 1.06. The van der Waals surface area contributed by atoms with Crippen LogP contribution in [0.1, 0.15) is 11.4 Å². The highest BCUT2D eigenvalue weighted by Gasteiger charge is 2.05. The molecule has 0 radical (unpaired) electrons. The van der Waals surface area contributed by atoms with Crippen molar-refractivity contribution in [1.29, 1.82) is 0 Å². The normalized spacial score (nSPS) is 10.3. The largest absolute Gasteiger partial charge is 0.497 e. The average Bonchev–Trinajstić information content (AvgIpc) is 2.46. The molecule has 2 rings (SSSR count). The number of ether oxygens (including phenoxy) is 2. The molecule has 0 unspecified atom stereocenters. The van der Waals surface area contributed by atoms with E-state index in [1.54, 1.807) is 21.1 Å². The fourth-order valence-corrected chi connectivity index (χ4v) is 2.09. The van der Waals surface area contributed by atoms with Crippen molar-refractivity contribution in [2.45, 2.75) is 17.8 Å². The number of thioether (sulfide) groups is 1. The Bertz CT molecular complexity index is 526. The molecule has 1 aromatic heterocycles. The van der Waals surface area contributed by atoms with Gasteiger partial charge < -0.3 is 9.47 Å². The van der Waals surface area contributed by atoms with Gasteiger partial charge in [-0.2, -0.15) is 0 Å². The SMILES string of the molecule is COc1cc(CSc2nnc(C)nn2)cc(OC)c1. The van der Waals surface area contributed by atoms with Crippen LogP contribution in [0.4, 0.5) is 0 Å². The Morgan fingerprint density at radius 3 is 2.05 bits per heavy atom. The summed E-state index contributed by atoms with van der Waals surface area (Å²) in [6.45, 7) is 1.75. The molecule has 6 nitrogen and oxygen atoms in total. The number of methoxy groups -OCH3 is 2. The average molecular weight is 278 g/mol. The van der Waals surface area contributed by atoms with E-state index in [9.17, 15) is 0 Å². The Kier molecular flexibility index (Phi) is 4.51. The van der Waals surface area contributed by atoms with Crippen LogP contribution >= 0.6 is 11.8 Å². The van der Waals surface area contributed by atoms with Crippen LogP contribution in [0.25, 0.3) is 0 Å². The molecule has 19 heavy (non-hydrogen) atoms. The van der Waals surface area contributed by atoms with E-state index in [2.05, 4.69) is 20.4 Å². The molecule has 1 aromatic carbocycles. The summed E-state index contributed by atoms with van der Waals surface area (Å²) in [6.07, 6.45) is 0. The fraction of sp³-hybridized carbons (Fsp3) is 0.333. The molecule has 0 bridgehead atoms. The van der Waals surface area contributed by atoms with Crippen molar-refractivity contribution in [3.8, 4) is 11.5 Å². The lowest BCUT2D eigenvalue weighted by molar-refractivity contribution is 0.393. The van der Waals surface area contributed by atoms with Gasteiger partial charge in [-0.15, -0.1) is 20.4 Å². The maximum atomic E-state index is 5.22. The van der Waals surface area contributed by atoms with Gasteiger partial charge >= 0.3 is 0 Å². The summed E-state index contributed by atoms with van der Waals surface area (Å²) in [7, 11) is 3.26. The molecule has 0 aliphatic carbocycles. The first kappa shape index (κ1) is 13.5. The molecule has 7 heteroatoms. The second kappa shape index (κ2) is 6.33. The Morgan fingerprint density at radius 2 is 1.53 bits per heavy atom. The zero-order valence-corrected chi connectivity index (χ0v) is 11.8. The van der Waals surface area contributed by atoms with Gasteiger partial charge in [0.15, 0.2) is 5.82 Å². The van der Waals surface area contributed by atoms with Crippen molar-refractivity contribution >= 4 is 11.8 Å². The minimum Gasteiger partial charge on any atom is -0.497 e. The van der Waals surface area contributed by atoms with E-state index in [1.807, 2.05) is 18.2 Å². The molecule has 0 spiro atoms. The molecule has 0 aliphatic heterocycles. The molecule has 0 saturated heterocycles. The van der Waals surface area contributed by atoms with E-state index >= 15 is 0 Å². The van der Waals surface area contributed by atoms with Gasteiger partial charge in [-0.1, -0.05) is 11.8 Å². The standard InChI is InChI=1S/C12H14N4O2S/c1-8-13-15-12(16-14-8)19-7-9-4-10(17-2)6-11(5-9)18-3/h4-6H,7H2,1-3H3. The number of nitrogens with zero attached hydrogens (tertiary/aromatic N) is 4. The van der Waals surface area contributed by atoms with Crippen LogP contribution in [0.15, 0.2) is 23.4 Å². The van der Waals surface area contributed by atoms with E-state index in [0.29, 0.717) is 16.7 Å². The van der Waals surface area contributed by atoms with Crippen molar-refractivity contribution < 1.29 is 9.47 Å². The molecule has 0 aliphatic rings. The zero-order valence-electron chi connectivity index (χ0n) is 11.0. The molecule has 0 fully saturated rings. The number of rotatable bonds is 5. The quantitative estimate of drug-likeness (QED) is 0.773. The molecular formula is C12H14N4O2S. The summed E-state index contributed by atoms with van der Waals surface area (Å²) in [5, 5.41) is 16.2. The van der Waals surface area contributed by atoms with Gasteiger partial charge in [0.05, 0.1) is 14.2 Å². The highest BCUT2D eigenvalue weighted by atomic mass is 32.2. The van der Waals surface area contributed by atoms with Crippen LogP contribution in [-0.2, 0) is 5.75 Å². The number of aromatic nitrogens is 4. The second-order valence-corrected chi connectivity index (χ2v) is 4.68. The molecule has 100 valence electrons. The predicted octanol–water partition coefficient (Wildman–Crippen LogP) is 1.88. The molecule has 2 aromatic rings. The van der Waals surface area contributed by atoms with E-state index in [1.165, 1.54) is 11.8 Å². The first-order valence-corrected chi connectivity index (χ1v) is 6.58. The van der Waals surface area contributed by atoms with Crippen molar-refractivity contribution in [1.82, 2.24) is 20.4 Å². The van der Waals surface area contributed by atoms with E-state index in [0.717, 1.165) is 17.1 Å². The molecule has 0 amide bonds. The minimum absolute atomic E-state index is 0.549. The molecular weight excluding hydrogens is 264 g/mol. The van der Waals surface area contributed by atoms with Gasteiger partial charge in [-0.3, -0.25) is 0 Å². The van der Waals surface area contributed by atoms with E-state index < -0.39 is 0 Å². The monoisotopic (exact) mass is 278 g/mol. The maximum Gasteiger partial charge on any atom is 0.230 e. The van der Waals surface area contributed by atoms with Gasteiger partial charge in [-0.05, 0) is 24.6 Å². The number of hydrogen-bond donors (Lipinski definition) is 0. The van der Waals surface area contributed by atoms with Gasteiger partial charge in [0, 0.05) is 11.8 Å². The summed E-state index contributed by atoms with van der Waals surface area (Å²) in [4.78, 5) is 0. The first-order chi connectivity index (χ1) is 9.21. The summed E-state index contributed by atoms with van der Waals surface area (Å²) >= 11 is 1.46. The third-order valence-electron chi connectivity index (χ3n) is 2.34. The van der Waals surface area contributed by atoms with Gasteiger partial charge in [-0.25, -0.2) is 0 Å². The van der Waals surface area contributed by atoms with Crippen LogP contribution in [0.5, 0.6) is 11.5 Å². The third kappa shape index (κ3) is 3.78. The first-order valence-electron chi connectivity index (χ1n) is 5.60. The topological polar surface area (TPSA) is 70.0 Å². The Balaban J connectivity index is 2.08. The van der Waals surface area contributed by atoms with Crippen LogP contribution in [0, 0.1) is 6.92 Å². The highest BCUT2D eigenvalue weighted by molar-refractivity contribution is 7.98. The lowest BCUT2D eigenvalue weighted by atomic mass is 10.2. The molecule has 0 atom stereocenters. The van der Waals surface area contributed by atoms with Gasteiger partial charge in [0.25, 0.3) is 0 Å². The lowest BCUT2D eigenvalue weighted by Gasteiger charge is -2.07. The third-order valence-corrected chi connectivity index (χ3v) is 3.24. The summed E-state index contributed by atoms with van der Waals surface area (Å²) in [6, 6.07) is 5.73. The van der Waals surface area contributed by atoms with Crippen molar-refractivity contribution in [3.63, 3.8) is 0 Å². The van der Waals surface area contributed by atoms with Crippen molar-refractivity contribution in [3.05, 3.63) is 29.6 Å². The predicted molar refractivity (Wildman–Crippen MR) is 71.5 cm³/mol. The van der Waals surface area contributed by atoms with Crippen LogP contribution in [-0.4, -0.2) is 34.6 Å². The van der Waals surface area contributed by atoms with Crippen LogP contribution in [0.2, 0.25) is 0 Å². The van der Waals surface area contributed by atoms with Gasteiger partial charge in [0.1, 0.15) is 11.5 Å². The number of hydrogen-bond acceptors (Lipinski definition) is 7. The Labute approximate surface area is 115 Å². The van der Waals surface area contributed by atoms with Crippen molar-refractivity contribution in [2.75, 3.05) is 14.2 Å². The zero-order chi connectivity index (χ0) is 13.7. The second-order valence-electron chi connectivity index (χ2n) is 3.74. The van der Waals surface area contributed by atoms with E-state index in [4.69, 9.17) is 9.47 Å². The molecule has 0 N–H and O–H groups in total. The number of aryl methyl sites for hydroxylation is 1. The van der Waals surface area contributed by atoms with E-state index in [-0.39, 0.29) is 0 Å². The molecule has 1 heterocycles. The van der Waals surface area contributed by atoms with Crippen LogP contribution in [0.3, 0.4) is 0 Å².